The minimum absolute atomic E-state index is 0.0119. The van der Waals surface area contributed by atoms with Crippen LogP contribution in [0.2, 0.25) is 0 Å². The van der Waals surface area contributed by atoms with Crippen LogP contribution in [0.15, 0.2) is 77.3 Å². The van der Waals surface area contributed by atoms with Gasteiger partial charge in [-0.2, -0.15) is 4.98 Å². The highest BCUT2D eigenvalue weighted by molar-refractivity contribution is 5.97. The first kappa shape index (κ1) is 18.6. The second kappa shape index (κ2) is 8.10. The number of hydrogen-bond acceptors (Lipinski definition) is 5. The van der Waals surface area contributed by atoms with Crippen molar-refractivity contribution >= 4 is 5.78 Å². The lowest BCUT2D eigenvalue weighted by atomic mass is 10.1. The van der Waals surface area contributed by atoms with Crippen molar-refractivity contribution in [1.82, 2.24) is 10.1 Å². The molecular formula is C24H20N2O3. The van der Waals surface area contributed by atoms with E-state index < -0.39 is 0 Å². The SMILES string of the molecule is Cc1ccc(C(=O)COc2ccc(-c3noc(-c4ccccc4C)n3)cc2)cc1. The summed E-state index contributed by atoms with van der Waals surface area (Å²) in [6.07, 6.45) is 0. The smallest absolute Gasteiger partial charge is 0.258 e. The van der Waals surface area contributed by atoms with Crippen LogP contribution in [0.1, 0.15) is 21.5 Å². The minimum atomic E-state index is -0.0601. The van der Waals surface area contributed by atoms with Gasteiger partial charge in [-0.1, -0.05) is 53.2 Å². The van der Waals surface area contributed by atoms with Gasteiger partial charge in [0.25, 0.3) is 5.89 Å². The van der Waals surface area contributed by atoms with Crippen LogP contribution in [0.25, 0.3) is 22.8 Å². The molecule has 5 nitrogen and oxygen atoms in total. The molecule has 0 aliphatic rings. The minimum Gasteiger partial charge on any atom is -0.485 e. The highest BCUT2D eigenvalue weighted by atomic mass is 16.5. The highest BCUT2D eigenvalue weighted by Gasteiger charge is 2.12. The Morgan fingerprint density at radius 1 is 0.931 bits per heavy atom. The summed E-state index contributed by atoms with van der Waals surface area (Å²) in [5.41, 5.74) is 4.56. The van der Waals surface area contributed by atoms with Gasteiger partial charge in [0.1, 0.15) is 5.75 Å². The molecule has 0 aliphatic heterocycles. The number of hydrogen-bond donors (Lipinski definition) is 0. The quantitative estimate of drug-likeness (QED) is 0.423. The third-order valence-corrected chi connectivity index (χ3v) is 4.66. The van der Waals surface area contributed by atoms with Gasteiger partial charge in [-0.25, -0.2) is 0 Å². The third-order valence-electron chi connectivity index (χ3n) is 4.66. The zero-order chi connectivity index (χ0) is 20.2. The first-order valence-electron chi connectivity index (χ1n) is 9.33. The largest absolute Gasteiger partial charge is 0.485 e. The molecule has 0 fully saturated rings. The van der Waals surface area contributed by atoms with Crippen molar-refractivity contribution in [2.75, 3.05) is 6.61 Å². The van der Waals surface area contributed by atoms with E-state index in [2.05, 4.69) is 10.1 Å². The first-order valence-corrected chi connectivity index (χ1v) is 9.33. The Morgan fingerprint density at radius 2 is 1.66 bits per heavy atom. The molecular weight excluding hydrogens is 364 g/mol. The topological polar surface area (TPSA) is 65.2 Å². The van der Waals surface area contributed by atoms with Crippen LogP contribution in [0.3, 0.4) is 0 Å². The number of benzene rings is 3. The summed E-state index contributed by atoms with van der Waals surface area (Å²) in [5.74, 6) is 1.54. The van der Waals surface area contributed by atoms with E-state index in [0.29, 0.717) is 23.0 Å². The van der Waals surface area contributed by atoms with Crippen molar-refractivity contribution in [1.29, 1.82) is 0 Å². The summed E-state index contributed by atoms with van der Waals surface area (Å²) >= 11 is 0. The van der Waals surface area contributed by atoms with E-state index in [1.807, 2.05) is 74.5 Å². The van der Waals surface area contributed by atoms with Gasteiger partial charge in [0.15, 0.2) is 12.4 Å². The van der Waals surface area contributed by atoms with Gasteiger partial charge < -0.3 is 9.26 Å². The van der Waals surface area contributed by atoms with Gasteiger partial charge in [0.2, 0.25) is 5.82 Å². The average molecular weight is 384 g/mol. The Morgan fingerprint density at radius 3 is 2.38 bits per heavy atom. The van der Waals surface area contributed by atoms with Crippen molar-refractivity contribution in [3.63, 3.8) is 0 Å². The van der Waals surface area contributed by atoms with Crippen molar-refractivity contribution in [2.45, 2.75) is 13.8 Å². The van der Waals surface area contributed by atoms with E-state index in [1.54, 1.807) is 12.1 Å². The molecule has 0 N–H and O–H groups in total. The normalized spacial score (nSPS) is 10.7. The van der Waals surface area contributed by atoms with E-state index in [9.17, 15) is 4.79 Å². The van der Waals surface area contributed by atoms with Crippen LogP contribution in [-0.2, 0) is 0 Å². The van der Waals surface area contributed by atoms with Crippen LogP contribution in [0.5, 0.6) is 5.75 Å². The maximum Gasteiger partial charge on any atom is 0.258 e. The zero-order valence-corrected chi connectivity index (χ0v) is 16.3. The summed E-state index contributed by atoms with van der Waals surface area (Å²) < 4.78 is 11.0. The second-order valence-electron chi connectivity index (χ2n) is 6.84. The Bertz CT molecular complexity index is 1130. The number of Topliss-reactive ketones (excluding diaryl/α,β-unsaturated/α-hetero) is 1. The second-order valence-corrected chi connectivity index (χ2v) is 6.84. The molecule has 4 rings (SSSR count). The van der Waals surface area contributed by atoms with Crippen LogP contribution in [-0.4, -0.2) is 22.5 Å². The summed E-state index contributed by atoms with van der Waals surface area (Å²) in [5, 5.41) is 4.07. The summed E-state index contributed by atoms with van der Waals surface area (Å²) in [6.45, 7) is 3.98. The molecule has 3 aromatic carbocycles. The van der Waals surface area contributed by atoms with Gasteiger partial charge in [-0.05, 0) is 49.7 Å². The average Bonchev–Trinajstić information content (AvgIpc) is 3.23. The molecule has 1 aromatic heterocycles. The molecule has 0 saturated heterocycles. The van der Waals surface area contributed by atoms with Crippen LogP contribution in [0, 0.1) is 13.8 Å². The molecule has 0 aliphatic carbocycles. The van der Waals surface area contributed by atoms with Gasteiger partial charge in [-0.15, -0.1) is 0 Å². The van der Waals surface area contributed by atoms with E-state index in [0.717, 1.165) is 22.3 Å². The number of ketones is 1. The number of carbonyl (C=O) groups is 1. The Kier molecular flexibility index (Phi) is 5.20. The molecule has 0 atom stereocenters. The standard InChI is InChI=1S/C24H20N2O3/c1-16-7-9-18(10-8-16)22(27)15-28-20-13-11-19(12-14-20)23-25-24(29-26-23)21-6-4-3-5-17(21)2/h3-14H,15H2,1-2H3. The van der Waals surface area contributed by atoms with Crippen LogP contribution >= 0.6 is 0 Å². The van der Waals surface area contributed by atoms with Crippen molar-refractivity contribution in [2.24, 2.45) is 0 Å². The number of nitrogens with zero attached hydrogens (tertiary/aromatic N) is 2. The molecule has 5 heteroatoms. The van der Waals surface area contributed by atoms with Crippen LogP contribution < -0.4 is 4.74 Å². The molecule has 0 radical (unpaired) electrons. The zero-order valence-electron chi connectivity index (χ0n) is 16.3. The highest BCUT2D eigenvalue weighted by Crippen LogP contribution is 2.25. The lowest BCUT2D eigenvalue weighted by Crippen LogP contribution is -2.11. The molecule has 29 heavy (non-hydrogen) atoms. The molecule has 0 amide bonds. The Hall–Kier alpha value is -3.73. The summed E-state index contributed by atoms with van der Waals surface area (Å²) in [6, 6.07) is 22.6. The van der Waals surface area contributed by atoms with Crippen molar-refractivity contribution < 1.29 is 14.1 Å². The first-order chi connectivity index (χ1) is 14.1. The number of ether oxygens (including phenoxy) is 1. The van der Waals surface area contributed by atoms with Gasteiger partial charge in [-0.3, -0.25) is 4.79 Å². The van der Waals surface area contributed by atoms with E-state index in [1.165, 1.54) is 0 Å². The van der Waals surface area contributed by atoms with Crippen LogP contribution in [0.4, 0.5) is 0 Å². The lowest BCUT2D eigenvalue weighted by Gasteiger charge is -2.06. The predicted octanol–water partition coefficient (Wildman–Crippen LogP) is 5.28. The fraction of sp³-hybridized carbons (Fsp3) is 0.125. The fourth-order valence-electron chi connectivity index (χ4n) is 2.93. The molecule has 1 heterocycles. The molecule has 0 spiro atoms. The van der Waals surface area contributed by atoms with Gasteiger partial charge in [0.05, 0.1) is 0 Å². The van der Waals surface area contributed by atoms with E-state index in [4.69, 9.17) is 9.26 Å². The summed E-state index contributed by atoms with van der Waals surface area (Å²) in [4.78, 5) is 16.7. The molecule has 0 saturated carbocycles. The van der Waals surface area contributed by atoms with Crippen molar-refractivity contribution in [3.8, 4) is 28.6 Å². The Balaban J connectivity index is 1.42. The van der Waals surface area contributed by atoms with Gasteiger partial charge >= 0.3 is 0 Å². The monoisotopic (exact) mass is 384 g/mol. The molecule has 0 bridgehead atoms. The molecule has 0 unspecified atom stereocenters. The number of aryl methyl sites for hydroxylation is 2. The summed E-state index contributed by atoms with van der Waals surface area (Å²) in [7, 11) is 0. The number of carbonyl (C=O) groups excluding carboxylic acids is 1. The maximum atomic E-state index is 12.2. The Labute approximate surface area is 169 Å². The third kappa shape index (κ3) is 4.24. The molecule has 4 aromatic rings. The van der Waals surface area contributed by atoms with Gasteiger partial charge in [0, 0.05) is 16.7 Å². The number of rotatable bonds is 6. The lowest BCUT2D eigenvalue weighted by molar-refractivity contribution is 0.0921. The van der Waals surface area contributed by atoms with E-state index >= 15 is 0 Å². The predicted molar refractivity (Wildman–Crippen MR) is 111 cm³/mol. The fourth-order valence-corrected chi connectivity index (χ4v) is 2.93. The molecule has 144 valence electrons. The van der Waals surface area contributed by atoms with E-state index in [-0.39, 0.29) is 12.4 Å². The van der Waals surface area contributed by atoms with Crippen molar-refractivity contribution in [3.05, 3.63) is 89.5 Å². The maximum absolute atomic E-state index is 12.2. The number of aromatic nitrogens is 2.